The van der Waals surface area contributed by atoms with Crippen molar-refractivity contribution >= 4 is 23.2 Å². The fourth-order valence-corrected chi connectivity index (χ4v) is 0.419. The average molecular weight is 164 g/mol. The van der Waals surface area contributed by atoms with Crippen LogP contribution < -0.4 is 5.73 Å². The summed E-state index contributed by atoms with van der Waals surface area (Å²) in [4.78, 5) is 0. The zero-order valence-corrected chi connectivity index (χ0v) is 6.34. The van der Waals surface area contributed by atoms with Gasteiger partial charge in [0.15, 0.2) is 0 Å². The average Bonchev–Trinajstić information content (AvgIpc) is 1.63. The lowest BCUT2D eigenvalue weighted by Crippen LogP contribution is -1.95. The molecule has 0 fully saturated rings. The fourth-order valence-electron chi connectivity index (χ4n) is 0.247. The van der Waals surface area contributed by atoms with Crippen LogP contribution in [0.15, 0.2) is 35.0 Å². The summed E-state index contributed by atoms with van der Waals surface area (Å²) in [5.74, 6) is 0. The third-order valence-corrected chi connectivity index (χ3v) is 0.953. The Morgan fingerprint density at radius 3 is 1.89 bits per heavy atom. The van der Waals surface area contributed by atoms with E-state index in [1.165, 1.54) is 6.08 Å². The fraction of sp³-hybridized carbons (Fsp3) is 0. The Hall–Kier alpha value is -0.400. The molecule has 0 radical (unpaired) electrons. The van der Waals surface area contributed by atoms with Crippen LogP contribution in [0.1, 0.15) is 0 Å². The molecule has 3 heteroatoms. The first-order chi connectivity index (χ1) is 4.04. The van der Waals surface area contributed by atoms with Crippen molar-refractivity contribution in [3.05, 3.63) is 35.0 Å². The van der Waals surface area contributed by atoms with Gasteiger partial charge in [0.1, 0.15) is 0 Å². The van der Waals surface area contributed by atoms with Crippen molar-refractivity contribution in [2.75, 3.05) is 0 Å². The van der Waals surface area contributed by atoms with E-state index in [2.05, 4.69) is 13.2 Å². The third-order valence-electron chi connectivity index (χ3n) is 0.625. The Balaban J connectivity index is 4.17. The standard InChI is InChI=1S/C6H7Cl2N/c1-4(7)3-6(9)5(2)8/h3H,1-2,9H2/b6-3+. The molecule has 0 spiro atoms. The quantitative estimate of drug-likeness (QED) is 0.622. The second-order valence-electron chi connectivity index (χ2n) is 1.45. The molecule has 0 atom stereocenters. The smallest absolute Gasteiger partial charge is 0.0564 e. The molecule has 2 N–H and O–H groups in total. The number of halogens is 2. The van der Waals surface area contributed by atoms with E-state index in [4.69, 9.17) is 28.9 Å². The van der Waals surface area contributed by atoms with E-state index in [-0.39, 0.29) is 5.03 Å². The zero-order chi connectivity index (χ0) is 7.44. The maximum absolute atomic E-state index is 5.38. The second kappa shape index (κ2) is 3.59. The van der Waals surface area contributed by atoms with Gasteiger partial charge in [0.05, 0.1) is 10.7 Å². The summed E-state index contributed by atoms with van der Waals surface area (Å²) in [5, 5.41) is 0.617. The van der Waals surface area contributed by atoms with E-state index in [1.54, 1.807) is 0 Å². The summed E-state index contributed by atoms with van der Waals surface area (Å²) in [6.45, 7) is 6.77. The molecule has 0 aromatic carbocycles. The second-order valence-corrected chi connectivity index (χ2v) is 2.39. The minimum Gasteiger partial charge on any atom is -0.397 e. The number of rotatable bonds is 2. The molecule has 0 aliphatic rings. The lowest BCUT2D eigenvalue weighted by atomic mass is 10.4. The topological polar surface area (TPSA) is 26.0 Å². The van der Waals surface area contributed by atoms with Gasteiger partial charge in [0.25, 0.3) is 0 Å². The van der Waals surface area contributed by atoms with Crippen molar-refractivity contribution in [1.29, 1.82) is 0 Å². The van der Waals surface area contributed by atoms with Gasteiger partial charge in [-0.3, -0.25) is 0 Å². The van der Waals surface area contributed by atoms with Gasteiger partial charge in [-0.25, -0.2) is 0 Å². The summed E-state index contributed by atoms with van der Waals surface area (Å²) in [6.07, 6.45) is 1.44. The van der Waals surface area contributed by atoms with Crippen molar-refractivity contribution in [3.63, 3.8) is 0 Å². The van der Waals surface area contributed by atoms with E-state index in [0.717, 1.165) is 0 Å². The van der Waals surface area contributed by atoms with Crippen LogP contribution in [-0.4, -0.2) is 0 Å². The predicted octanol–water partition coefficient (Wildman–Crippen LogP) is 2.33. The third kappa shape index (κ3) is 4.13. The highest BCUT2D eigenvalue weighted by molar-refractivity contribution is 6.33. The molecule has 1 nitrogen and oxygen atoms in total. The van der Waals surface area contributed by atoms with E-state index < -0.39 is 0 Å². The van der Waals surface area contributed by atoms with Crippen LogP contribution in [0.2, 0.25) is 0 Å². The van der Waals surface area contributed by atoms with Gasteiger partial charge in [-0.05, 0) is 6.08 Å². The first kappa shape index (κ1) is 8.60. The van der Waals surface area contributed by atoms with E-state index >= 15 is 0 Å². The van der Waals surface area contributed by atoms with Gasteiger partial charge < -0.3 is 5.73 Å². The van der Waals surface area contributed by atoms with Crippen LogP contribution in [0.25, 0.3) is 0 Å². The zero-order valence-electron chi connectivity index (χ0n) is 4.82. The van der Waals surface area contributed by atoms with Crippen LogP contribution in [0.5, 0.6) is 0 Å². The number of hydrogen-bond donors (Lipinski definition) is 1. The van der Waals surface area contributed by atoms with Crippen molar-refractivity contribution in [1.82, 2.24) is 0 Å². The Bertz CT molecular complexity index is 170. The number of hydrogen-bond acceptors (Lipinski definition) is 1. The van der Waals surface area contributed by atoms with Crippen LogP contribution in [0.3, 0.4) is 0 Å². The molecular formula is C6H7Cl2N. The monoisotopic (exact) mass is 163 g/mol. The molecule has 0 aromatic rings. The van der Waals surface area contributed by atoms with Crippen LogP contribution in [0.4, 0.5) is 0 Å². The Kier molecular flexibility index (Phi) is 3.43. The van der Waals surface area contributed by atoms with E-state index in [1.807, 2.05) is 0 Å². The molecule has 0 saturated carbocycles. The summed E-state index contributed by atoms with van der Waals surface area (Å²) in [6, 6.07) is 0. The minimum absolute atomic E-state index is 0.275. The highest BCUT2D eigenvalue weighted by atomic mass is 35.5. The normalized spacial score (nSPS) is 11.1. The molecule has 0 aliphatic carbocycles. The molecule has 0 aliphatic heterocycles. The molecule has 0 bridgehead atoms. The Morgan fingerprint density at radius 2 is 1.78 bits per heavy atom. The molecule has 0 amide bonds. The summed E-state index contributed by atoms with van der Waals surface area (Å²) in [7, 11) is 0. The maximum atomic E-state index is 5.38. The minimum atomic E-state index is 0.275. The molecule has 0 heterocycles. The molecule has 50 valence electrons. The van der Waals surface area contributed by atoms with E-state index in [0.29, 0.717) is 10.7 Å². The highest BCUT2D eigenvalue weighted by Crippen LogP contribution is 2.09. The van der Waals surface area contributed by atoms with E-state index in [9.17, 15) is 0 Å². The van der Waals surface area contributed by atoms with Crippen LogP contribution in [-0.2, 0) is 0 Å². The summed E-state index contributed by atoms with van der Waals surface area (Å²) >= 11 is 10.8. The molecule has 9 heavy (non-hydrogen) atoms. The summed E-state index contributed by atoms with van der Waals surface area (Å²) in [5.41, 5.74) is 5.65. The maximum Gasteiger partial charge on any atom is 0.0564 e. The lowest BCUT2D eigenvalue weighted by molar-refractivity contribution is 1.41. The molecule has 0 aromatic heterocycles. The first-order valence-electron chi connectivity index (χ1n) is 2.20. The summed E-state index contributed by atoms with van der Waals surface area (Å²) < 4.78 is 0. The lowest BCUT2D eigenvalue weighted by Gasteiger charge is -1.93. The number of nitrogens with two attached hydrogens (primary N) is 1. The van der Waals surface area contributed by atoms with Gasteiger partial charge >= 0.3 is 0 Å². The van der Waals surface area contributed by atoms with Gasteiger partial charge in [-0.2, -0.15) is 0 Å². The molecule has 0 saturated heterocycles. The highest BCUT2D eigenvalue weighted by Gasteiger charge is 1.90. The van der Waals surface area contributed by atoms with Crippen molar-refractivity contribution in [2.45, 2.75) is 0 Å². The predicted molar refractivity (Wildman–Crippen MR) is 42.3 cm³/mol. The van der Waals surface area contributed by atoms with Crippen molar-refractivity contribution in [3.8, 4) is 0 Å². The molecule has 0 unspecified atom stereocenters. The van der Waals surface area contributed by atoms with Gasteiger partial charge in [0, 0.05) is 5.03 Å². The van der Waals surface area contributed by atoms with Crippen LogP contribution >= 0.6 is 23.2 Å². The van der Waals surface area contributed by atoms with Crippen molar-refractivity contribution in [2.24, 2.45) is 5.73 Å². The Morgan fingerprint density at radius 1 is 1.33 bits per heavy atom. The molecule has 0 rings (SSSR count). The van der Waals surface area contributed by atoms with Gasteiger partial charge in [-0.15, -0.1) is 0 Å². The van der Waals surface area contributed by atoms with Crippen LogP contribution in [0, 0.1) is 0 Å². The first-order valence-corrected chi connectivity index (χ1v) is 2.96. The Labute approximate surface area is 64.4 Å². The SMILES string of the molecule is C=C(Cl)/C=C(/N)C(=C)Cl. The number of allylic oxidation sites excluding steroid dienone is 3. The van der Waals surface area contributed by atoms with Crippen molar-refractivity contribution < 1.29 is 0 Å². The van der Waals surface area contributed by atoms with Gasteiger partial charge in [-0.1, -0.05) is 36.4 Å². The largest absolute Gasteiger partial charge is 0.397 e. The van der Waals surface area contributed by atoms with Gasteiger partial charge in [0.2, 0.25) is 0 Å². The molecular weight excluding hydrogens is 157 g/mol.